The summed E-state index contributed by atoms with van der Waals surface area (Å²) in [6.45, 7) is 45.3. The molecule has 11 aliphatic carbocycles. The van der Waals surface area contributed by atoms with E-state index in [0.717, 1.165) is 126 Å². The number of nitrogens with zero attached hydrogens (tertiary/aromatic N) is 1. The molecule has 0 aromatic heterocycles. The molecule has 11 saturated carbocycles. The van der Waals surface area contributed by atoms with E-state index in [1.807, 2.05) is 83.1 Å². The summed E-state index contributed by atoms with van der Waals surface area (Å²) in [6, 6.07) is 19.3. The fraction of sp³-hybridized carbons (Fsp3) is 0.810. The molecule has 13 aliphatic rings. The van der Waals surface area contributed by atoms with Gasteiger partial charge < -0.3 is 57.2 Å². The molecule has 15 rings (SSSR count). The quantitative estimate of drug-likeness (QED) is 0.0405. The minimum atomic E-state index is -0.974. The number of nitriles is 1. The third-order valence-electron chi connectivity index (χ3n) is 31.2. The fourth-order valence-corrected chi connectivity index (χ4v) is 21.3. The van der Waals surface area contributed by atoms with Crippen LogP contribution in [0.2, 0.25) is 0 Å². The molecule has 2 saturated heterocycles. The highest BCUT2D eigenvalue weighted by Gasteiger charge is 2.73. The molecule has 2 aromatic rings. The van der Waals surface area contributed by atoms with Crippen molar-refractivity contribution in [2.45, 2.75) is 442 Å². The van der Waals surface area contributed by atoms with Gasteiger partial charge in [0, 0.05) is 42.9 Å². The summed E-state index contributed by atoms with van der Waals surface area (Å²) in [6.07, 6.45) is 34.7. The van der Waals surface area contributed by atoms with E-state index in [4.69, 9.17) is 52.1 Å². The standard InChI is InChI=1S/C26H42O2.C19H32O2.C16H22O6.C16H26O3.C15H19NO4.C13H24O2/c1-3-21(2)24-14-16-25(17-15-24)28-26(20-23-12-8-5-9-13-23)27-19-18-22-10-6-4-7-11-22;1-8-15(4)16-9-11-17(12-10-16)21-18(20-14(2)3)13-19(5,6)7;1-4-16(2,3)15(19)20-7-11(17)21-12-8-5-9-10(6-8)14(18)22-13(9)12;1-4-14(2,3)13(17)19-16-8-11-5-12(9-16)7-15(18,6-11)10-16;1-4-14(2,3)12(17)19-10-8-5-9-11(10)20-13(18)15(9,6-8)7-16;1-5-12(3,4)11(14)15-13(6-2)9-7-8-10-13/h14-17,21-23,26H,3-13,18-20H2,1-2H3;9-12,14-15,18H,8,13H2,1-7H3;8-10,12-13H,4-7H2,1-3H3;11-12,18H,4-10H2,1-3H3;8-11H,4-6H2,1-3H3;5-10H2,1-4H3. The first-order valence-corrected chi connectivity index (χ1v) is 49.3. The lowest BCUT2D eigenvalue weighted by Gasteiger charge is -2.59. The molecule has 0 amide bonds. The van der Waals surface area contributed by atoms with Crippen LogP contribution in [0.15, 0.2) is 48.5 Å². The Labute approximate surface area is 752 Å². The maximum Gasteiger partial charge on any atom is 0.344 e. The predicted octanol–water partition coefficient (Wildman–Crippen LogP) is 23.6. The topological polar surface area (TPSA) is 265 Å². The van der Waals surface area contributed by atoms with Crippen molar-refractivity contribution in [1.82, 2.24) is 0 Å². The Bertz CT molecular complexity index is 3830. The monoisotopic (exact) mass is 1740 g/mol. The van der Waals surface area contributed by atoms with Crippen LogP contribution in [0.5, 0.6) is 11.5 Å². The normalized spacial score (nSPS) is 29.4. The van der Waals surface area contributed by atoms with Gasteiger partial charge in [-0.2, -0.15) is 5.26 Å². The number of carbonyl (C=O) groups excluding carboxylic acids is 7. The molecular formula is C105H165NO19. The van der Waals surface area contributed by atoms with Crippen LogP contribution in [-0.2, 0) is 76.2 Å². The number of esters is 7. The van der Waals surface area contributed by atoms with Gasteiger partial charge in [-0.3, -0.25) is 28.8 Å². The van der Waals surface area contributed by atoms with Crippen LogP contribution in [0.4, 0.5) is 0 Å². The highest BCUT2D eigenvalue weighted by Crippen LogP contribution is 2.63. The molecule has 2 aliphatic heterocycles. The van der Waals surface area contributed by atoms with Gasteiger partial charge in [-0.05, 0) is 280 Å². The number of aliphatic hydroxyl groups is 1. The first-order chi connectivity index (χ1) is 58.8. The molecule has 2 aromatic carbocycles. The molecule has 704 valence electrons. The Kier molecular flexibility index (Phi) is 36.1. The molecular weight excluding hydrogens is 1580 g/mol. The second-order valence-corrected chi connectivity index (χ2v) is 44.1. The first kappa shape index (κ1) is 102. The van der Waals surface area contributed by atoms with E-state index in [0.29, 0.717) is 49.4 Å². The number of benzene rings is 2. The lowest BCUT2D eigenvalue weighted by Crippen LogP contribution is -2.61. The van der Waals surface area contributed by atoms with E-state index in [-0.39, 0.29) is 119 Å². The predicted molar refractivity (Wildman–Crippen MR) is 485 cm³/mol. The van der Waals surface area contributed by atoms with E-state index < -0.39 is 51.3 Å². The van der Waals surface area contributed by atoms with Crippen molar-refractivity contribution in [2.75, 3.05) is 13.2 Å². The highest BCUT2D eigenvalue weighted by molar-refractivity contribution is 5.85. The van der Waals surface area contributed by atoms with Gasteiger partial charge in [-0.25, -0.2) is 4.79 Å². The van der Waals surface area contributed by atoms with Crippen molar-refractivity contribution in [3.05, 3.63) is 59.7 Å². The zero-order valence-corrected chi connectivity index (χ0v) is 81.2. The van der Waals surface area contributed by atoms with Crippen LogP contribution in [0.25, 0.3) is 0 Å². The summed E-state index contributed by atoms with van der Waals surface area (Å²) in [4.78, 5) is 83.9. The minimum Gasteiger partial charge on any atom is -0.465 e. The number of hydrogen-bond donors (Lipinski definition) is 1. The molecule has 20 nitrogen and oxygen atoms in total. The van der Waals surface area contributed by atoms with Crippen molar-refractivity contribution < 1.29 is 90.8 Å². The summed E-state index contributed by atoms with van der Waals surface area (Å²) >= 11 is 0. The van der Waals surface area contributed by atoms with Gasteiger partial charge in [0.2, 0.25) is 6.29 Å². The largest absolute Gasteiger partial charge is 0.465 e. The van der Waals surface area contributed by atoms with Crippen LogP contribution in [-0.4, -0.2) is 120 Å². The maximum atomic E-state index is 12.4. The van der Waals surface area contributed by atoms with Gasteiger partial charge in [0.1, 0.15) is 47.1 Å². The summed E-state index contributed by atoms with van der Waals surface area (Å²) in [5, 5.41) is 20.0. The lowest BCUT2D eigenvalue weighted by atomic mass is 9.52. The fourth-order valence-electron chi connectivity index (χ4n) is 21.3. The van der Waals surface area contributed by atoms with Crippen LogP contribution in [0.3, 0.4) is 0 Å². The molecule has 125 heavy (non-hydrogen) atoms. The highest BCUT2D eigenvalue weighted by atomic mass is 16.7. The van der Waals surface area contributed by atoms with Crippen LogP contribution in [0, 0.1) is 97.1 Å². The summed E-state index contributed by atoms with van der Waals surface area (Å²) in [7, 11) is 0. The summed E-state index contributed by atoms with van der Waals surface area (Å²) in [5.74, 6) is 4.25. The third-order valence-corrected chi connectivity index (χ3v) is 31.2. The Morgan fingerprint density at radius 2 is 1.06 bits per heavy atom. The second kappa shape index (κ2) is 44.1. The van der Waals surface area contributed by atoms with E-state index in [9.17, 15) is 43.9 Å². The van der Waals surface area contributed by atoms with E-state index >= 15 is 0 Å². The molecule has 1 N–H and O–H groups in total. The number of ether oxygens (including phenoxy) is 11. The smallest absolute Gasteiger partial charge is 0.344 e. The maximum absolute atomic E-state index is 12.4. The molecule has 16 unspecified atom stereocenters. The van der Waals surface area contributed by atoms with Crippen LogP contribution < -0.4 is 9.47 Å². The summed E-state index contributed by atoms with van der Waals surface area (Å²) in [5.41, 5.74) is -0.964. The Balaban J connectivity index is 0.000000171. The average Bonchev–Trinajstić information content (AvgIpc) is 1.53. The van der Waals surface area contributed by atoms with Gasteiger partial charge in [0.05, 0.1) is 52.0 Å². The van der Waals surface area contributed by atoms with Crippen molar-refractivity contribution in [3.63, 3.8) is 0 Å². The van der Waals surface area contributed by atoms with Crippen molar-refractivity contribution >= 4 is 41.8 Å². The molecule has 0 spiro atoms. The van der Waals surface area contributed by atoms with E-state index in [1.54, 1.807) is 13.8 Å². The van der Waals surface area contributed by atoms with Crippen molar-refractivity contribution in [1.29, 1.82) is 5.26 Å². The van der Waals surface area contributed by atoms with E-state index in [1.165, 1.54) is 107 Å². The van der Waals surface area contributed by atoms with Crippen LogP contribution in [0.1, 0.15) is 394 Å². The number of hydrogen-bond acceptors (Lipinski definition) is 20. The van der Waals surface area contributed by atoms with Crippen molar-refractivity contribution in [2.24, 2.45) is 85.8 Å². The number of fused-ring (bicyclic) bond motifs is 2. The van der Waals surface area contributed by atoms with Gasteiger partial charge in [0.15, 0.2) is 18.3 Å². The molecule has 13 fully saturated rings. The number of carbonyl (C=O) groups is 7. The zero-order chi connectivity index (χ0) is 91.8. The molecule has 16 atom stereocenters. The molecule has 20 heteroatoms. The lowest BCUT2D eigenvalue weighted by molar-refractivity contribution is -0.225. The minimum absolute atomic E-state index is 0.00636. The van der Waals surface area contributed by atoms with Crippen LogP contribution >= 0.6 is 0 Å². The Morgan fingerprint density at radius 1 is 0.552 bits per heavy atom. The molecule has 8 bridgehead atoms. The van der Waals surface area contributed by atoms with Gasteiger partial charge in [-0.15, -0.1) is 0 Å². The zero-order valence-electron chi connectivity index (χ0n) is 81.2. The Hall–Kier alpha value is -6.30. The third kappa shape index (κ3) is 27.0. The van der Waals surface area contributed by atoms with Gasteiger partial charge in [0.25, 0.3) is 0 Å². The average molecular weight is 1750 g/mol. The second-order valence-electron chi connectivity index (χ2n) is 44.1. The molecule has 2 heterocycles. The first-order valence-electron chi connectivity index (χ1n) is 49.3. The van der Waals surface area contributed by atoms with Crippen molar-refractivity contribution in [3.8, 4) is 17.6 Å². The SMILES string of the molecule is CCC(C)(C)C(=O)OC12CC3CC(CC(O)(C3)C1)C2.CCC(C)(C)C(=O)OC1C2CC3C1OC(=O)C3(C#N)C2.CCC(C)(C)C(=O)OCC(=O)OC1C2CC3C(=O)OC1C3C2.CCC(C)c1ccc(OC(CC(C)(C)C)OC(C)C)cc1.CCC(C)c1ccc(OC(CC2CCCCC2)OCCC2CCCCC2)cc1.CCC1(OC(=O)C(C)(C)CC)CCCC1. The summed E-state index contributed by atoms with van der Waals surface area (Å²) < 4.78 is 63.2. The van der Waals surface area contributed by atoms with Gasteiger partial charge in [-0.1, -0.05) is 172 Å². The molecule has 0 radical (unpaired) electrons. The van der Waals surface area contributed by atoms with E-state index in [2.05, 4.69) is 110 Å². The van der Waals surface area contributed by atoms with Gasteiger partial charge >= 0.3 is 41.8 Å². The Morgan fingerprint density at radius 3 is 1.55 bits per heavy atom. The number of rotatable bonds is 32.